The van der Waals surface area contributed by atoms with E-state index in [0.717, 1.165) is 19.5 Å². The van der Waals surface area contributed by atoms with E-state index >= 15 is 0 Å². The second kappa shape index (κ2) is 6.88. The van der Waals surface area contributed by atoms with Crippen molar-refractivity contribution < 1.29 is 5.11 Å². The first-order valence-electron chi connectivity index (χ1n) is 6.96. The summed E-state index contributed by atoms with van der Waals surface area (Å²) in [5.74, 6) is 0. The summed E-state index contributed by atoms with van der Waals surface area (Å²) >= 11 is 0. The van der Waals surface area contributed by atoms with Gasteiger partial charge >= 0.3 is 0 Å². The van der Waals surface area contributed by atoms with Crippen molar-refractivity contribution in [3.8, 4) is 0 Å². The first-order valence-corrected chi connectivity index (χ1v) is 6.96. The van der Waals surface area contributed by atoms with Crippen LogP contribution >= 0.6 is 0 Å². The number of hydrogen-bond donors (Lipinski definition) is 2. The van der Waals surface area contributed by atoms with Gasteiger partial charge in [-0.2, -0.15) is 0 Å². The van der Waals surface area contributed by atoms with Gasteiger partial charge in [-0.15, -0.1) is 0 Å². The summed E-state index contributed by atoms with van der Waals surface area (Å²) in [4.78, 5) is 2.40. The van der Waals surface area contributed by atoms with Crippen molar-refractivity contribution in [2.45, 2.75) is 37.8 Å². The molecule has 0 aromatic heterocycles. The molecule has 0 radical (unpaired) electrons. The van der Waals surface area contributed by atoms with Crippen molar-refractivity contribution in [2.24, 2.45) is 5.73 Å². The van der Waals surface area contributed by atoms with E-state index in [9.17, 15) is 0 Å². The minimum Gasteiger partial charge on any atom is -0.395 e. The number of aliphatic hydroxyl groups excluding tert-OH is 1. The predicted octanol–water partition coefficient (Wildman–Crippen LogP) is 1.92. The van der Waals surface area contributed by atoms with E-state index in [4.69, 9.17) is 10.8 Å². The molecule has 1 aliphatic rings. The summed E-state index contributed by atoms with van der Waals surface area (Å²) < 4.78 is 0. The molecule has 1 atom stereocenters. The van der Waals surface area contributed by atoms with Crippen molar-refractivity contribution in [1.29, 1.82) is 0 Å². The molecule has 2 rings (SSSR count). The summed E-state index contributed by atoms with van der Waals surface area (Å²) in [6.07, 6.45) is 4.85. The van der Waals surface area contributed by atoms with Crippen molar-refractivity contribution in [1.82, 2.24) is 4.90 Å². The average Bonchev–Trinajstić information content (AvgIpc) is 2.35. The molecule has 1 fully saturated rings. The van der Waals surface area contributed by atoms with Crippen LogP contribution in [0.2, 0.25) is 0 Å². The zero-order valence-electron chi connectivity index (χ0n) is 11.0. The van der Waals surface area contributed by atoms with Crippen LogP contribution < -0.4 is 5.73 Å². The fraction of sp³-hybridized carbons (Fsp3) is 0.600. The highest BCUT2D eigenvalue weighted by molar-refractivity contribution is 5.18. The Hall–Kier alpha value is -0.900. The number of rotatable bonds is 7. The van der Waals surface area contributed by atoms with Gasteiger partial charge in [0, 0.05) is 25.2 Å². The molecule has 1 unspecified atom stereocenters. The number of nitrogens with two attached hydrogens (primary N) is 1. The van der Waals surface area contributed by atoms with E-state index in [2.05, 4.69) is 17.0 Å². The van der Waals surface area contributed by atoms with Crippen LogP contribution in [0.1, 0.15) is 37.3 Å². The third kappa shape index (κ3) is 3.55. The molecule has 0 amide bonds. The molecule has 0 aliphatic heterocycles. The second-order valence-corrected chi connectivity index (χ2v) is 5.15. The summed E-state index contributed by atoms with van der Waals surface area (Å²) in [5, 5.41) is 9.11. The van der Waals surface area contributed by atoms with Gasteiger partial charge in [0.1, 0.15) is 0 Å². The Morgan fingerprint density at radius 2 is 1.94 bits per heavy atom. The Morgan fingerprint density at radius 3 is 2.50 bits per heavy atom. The Bertz CT molecular complexity index is 338. The van der Waals surface area contributed by atoms with Gasteiger partial charge < -0.3 is 10.8 Å². The number of hydrogen-bond acceptors (Lipinski definition) is 3. The topological polar surface area (TPSA) is 49.5 Å². The SMILES string of the molecule is NC(CCN(CCO)C1CCC1)c1ccccc1. The van der Waals surface area contributed by atoms with E-state index in [1.54, 1.807) is 0 Å². The average molecular weight is 248 g/mol. The normalized spacial score (nSPS) is 17.7. The van der Waals surface area contributed by atoms with E-state index in [-0.39, 0.29) is 12.6 Å². The highest BCUT2D eigenvalue weighted by Gasteiger charge is 2.24. The van der Waals surface area contributed by atoms with Crippen LogP contribution in [0.5, 0.6) is 0 Å². The molecule has 3 nitrogen and oxygen atoms in total. The first kappa shape index (κ1) is 13.5. The molecule has 1 aliphatic carbocycles. The predicted molar refractivity (Wildman–Crippen MR) is 74.3 cm³/mol. The summed E-state index contributed by atoms with van der Waals surface area (Å²) in [5.41, 5.74) is 7.41. The molecule has 1 saturated carbocycles. The molecule has 1 aromatic rings. The molecule has 18 heavy (non-hydrogen) atoms. The molecule has 0 saturated heterocycles. The third-order valence-corrected chi connectivity index (χ3v) is 3.93. The van der Waals surface area contributed by atoms with Gasteiger partial charge in [-0.05, 0) is 24.8 Å². The Labute approximate surface area is 110 Å². The van der Waals surface area contributed by atoms with Crippen LogP contribution in [0.25, 0.3) is 0 Å². The summed E-state index contributed by atoms with van der Waals surface area (Å²) in [6, 6.07) is 11.0. The highest BCUT2D eigenvalue weighted by Crippen LogP contribution is 2.25. The van der Waals surface area contributed by atoms with Crippen LogP contribution in [0.4, 0.5) is 0 Å². The van der Waals surface area contributed by atoms with Gasteiger partial charge in [0.05, 0.1) is 6.61 Å². The van der Waals surface area contributed by atoms with Crippen LogP contribution in [-0.4, -0.2) is 35.7 Å². The zero-order valence-corrected chi connectivity index (χ0v) is 11.0. The molecule has 0 bridgehead atoms. The highest BCUT2D eigenvalue weighted by atomic mass is 16.3. The monoisotopic (exact) mass is 248 g/mol. The quantitative estimate of drug-likeness (QED) is 0.775. The van der Waals surface area contributed by atoms with E-state index in [0.29, 0.717) is 6.04 Å². The van der Waals surface area contributed by atoms with Gasteiger partial charge in [0.2, 0.25) is 0 Å². The number of aliphatic hydroxyl groups is 1. The summed E-state index contributed by atoms with van der Waals surface area (Å²) in [6.45, 7) is 2.02. The van der Waals surface area contributed by atoms with Crippen LogP contribution in [-0.2, 0) is 0 Å². The van der Waals surface area contributed by atoms with Crippen molar-refractivity contribution in [2.75, 3.05) is 19.7 Å². The fourth-order valence-corrected chi connectivity index (χ4v) is 2.53. The van der Waals surface area contributed by atoms with Gasteiger partial charge in [-0.25, -0.2) is 0 Å². The molecular weight excluding hydrogens is 224 g/mol. The van der Waals surface area contributed by atoms with E-state index < -0.39 is 0 Å². The van der Waals surface area contributed by atoms with Crippen molar-refractivity contribution in [3.05, 3.63) is 35.9 Å². The molecule has 0 heterocycles. The third-order valence-electron chi connectivity index (χ3n) is 3.93. The maximum Gasteiger partial charge on any atom is 0.0558 e. The van der Waals surface area contributed by atoms with Gasteiger partial charge in [0.15, 0.2) is 0 Å². The van der Waals surface area contributed by atoms with Crippen LogP contribution in [0, 0.1) is 0 Å². The molecular formula is C15H24N2O. The van der Waals surface area contributed by atoms with Gasteiger partial charge in [0.25, 0.3) is 0 Å². The minimum atomic E-state index is 0.104. The lowest BCUT2D eigenvalue weighted by Crippen LogP contribution is -2.43. The smallest absolute Gasteiger partial charge is 0.0558 e. The van der Waals surface area contributed by atoms with Crippen LogP contribution in [0.3, 0.4) is 0 Å². The molecule has 1 aromatic carbocycles. The second-order valence-electron chi connectivity index (χ2n) is 5.15. The largest absolute Gasteiger partial charge is 0.395 e. The van der Waals surface area contributed by atoms with Gasteiger partial charge in [-0.1, -0.05) is 36.8 Å². The zero-order chi connectivity index (χ0) is 12.8. The first-order chi connectivity index (χ1) is 8.81. The van der Waals surface area contributed by atoms with Gasteiger partial charge in [-0.3, -0.25) is 4.90 Å². The maximum atomic E-state index is 9.11. The lowest BCUT2D eigenvalue weighted by Gasteiger charge is -2.37. The summed E-state index contributed by atoms with van der Waals surface area (Å²) in [7, 11) is 0. The molecule has 3 N–H and O–H groups in total. The lowest BCUT2D eigenvalue weighted by atomic mass is 9.91. The number of benzene rings is 1. The lowest BCUT2D eigenvalue weighted by molar-refractivity contribution is 0.0982. The fourth-order valence-electron chi connectivity index (χ4n) is 2.53. The molecule has 3 heteroatoms. The standard InChI is InChI=1S/C15H24N2O/c16-15(13-5-2-1-3-6-13)9-10-17(11-12-18)14-7-4-8-14/h1-3,5-6,14-15,18H,4,7-12,16H2. The van der Waals surface area contributed by atoms with E-state index in [1.165, 1.54) is 24.8 Å². The Kier molecular flexibility index (Phi) is 5.17. The van der Waals surface area contributed by atoms with E-state index in [1.807, 2.05) is 18.2 Å². The Morgan fingerprint density at radius 1 is 1.22 bits per heavy atom. The number of nitrogens with zero attached hydrogens (tertiary/aromatic N) is 1. The van der Waals surface area contributed by atoms with Crippen molar-refractivity contribution in [3.63, 3.8) is 0 Å². The van der Waals surface area contributed by atoms with Crippen molar-refractivity contribution >= 4 is 0 Å². The minimum absolute atomic E-state index is 0.104. The Balaban J connectivity index is 1.81. The molecule has 100 valence electrons. The molecule has 0 spiro atoms. The van der Waals surface area contributed by atoms with Crippen LogP contribution in [0.15, 0.2) is 30.3 Å². The maximum absolute atomic E-state index is 9.11.